The molecule has 1 aromatic carbocycles. The van der Waals surface area contributed by atoms with Crippen molar-refractivity contribution in [2.45, 2.75) is 20.1 Å². The lowest BCUT2D eigenvalue weighted by molar-refractivity contribution is 0.226. The highest BCUT2D eigenvalue weighted by Crippen LogP contribution is 2.34. The molecule has 1 unspecified atom stereocenters. The van der Waals surface area contributed by atoms with E-state index in [4.69, 9.17) is 9.47 Å². The number of hydrogen-bond acceptors (Lipinski definition) is 4. The summed E-state index contributed by atoms with van der Waals surface area (Å²) in [5.41, 5.74) is 2.72. The van der Waals surface area contributed by atoms with Crippen molar-refractivity contribution < 1.29 is 9.47 Å². The fraction of sp³-hybridized carbons (Fsp3) is 0.250. The van der Waals surface area contributed by atoms with E-state index in [9.17, 15) is 4.79 Å². The topological polar surface area (TPSA) is 63.7 Å². The Morgan fingerprint density at radius 3 is 2.86 bits per heavy atom. The summed E-state index contributed by atoms with van der Waals surface area (Å²) in [5.74, 6) is 1.46. The number of fused-ring (bicyclic) bond motifs is 1. The van der Waals surface area contributed by atoms with Gasteiger partial charge in [-0.2, -0.15) is 0 Å². The molecule has 0 amide bonds. The van der Waals surface area contributed by atoms with Crippen LogP contribution >= 0.6 is 0 Å². The third-order valence-corrected chi connectivity index (χ3v) is 3.52. The van der Waals surface area contributed by atoms with Gasteiger partial charge in [0.1, 0.15) is 11.5 Å². The maximum Gasteiger partial charge on any atom is 0.257 e. The van der Waals surface area contributed by atoms with Crippen LogP contribution in [0.4, 0.5) is 0 Å². The Morgan fingerprint density at radius 2 is 2.14 bits per heavy atom. The van der Waals surface area contributed by atoms with Gasteiger partial charge in [0.05, 0.1) is 18.4 Å². The van der Waals surface area contributed by atoms with Gasteiger partial charge in [-0.05, 0) is 38.1 Å². The Kier molecular flexibility index (Phi) is 3.25. The number of benzene rings is 1. The zero-order valence-electron chi connectivity index (χ0n) is 12.1. The van der Waals surface area contributed by atoms with Crippen molar-refractivity contribution in [2.75, 3.05) is 7.11 Å². The average Bonchev–Trinajstić information content (AvgIpc) is 2.47. The largest absolute Gasteiger partial charge is 0.496 e. The molecular weight excluding hydrogens is 268 g/mol. The molecule has 5 heteroatoms. The molecule has 0 bridgehead atoms. The average molecular weight is 284 g/mol. The second-order valence-corrected chi connectivity index (χ2v) is 4.87. The molecule has 1 aliphatic rings. The highest BCUT2D eigenvalue weighted by molar-refractivity contribution is 6.16. The van der Waals surface area contributed by atoms with Crippen LogP contribution in [0.1, 0.15) is 23.6 Å². The maximum absolute atomic E-state index is 12.1. The van der Waals surface area contributed by atoms with Gasteiger partial charge in [-0.3, -0.25) is 4.79 Å². The predicted molar refractivity (Wildman–Crippen MR) is 80.5 cm³/mol. The van der Waals surface area contributed by atoms with Crippen molar-refractivity contribution >= 4 is 5.71 Å². The molecule has 2 heterocycles. The van der Waals surface area contributed by atoms with Crippen molar-refractivity contribution in [3.05, 3.63) is 57.5 Å². The first-order valence-corrected chi connectivity index (χ1v) is 6.72. The summed E-state index contributed by atoms with van der Waals surface area (Å²) in [6.07, 6.45) is 1.27. The fourth-order valence-corrected chi connectivity index (χ4v) is 2.55. The van der Waals surface area contributed by atoms with Crippen molar-refractivity contribution in [2.24, 2.45) is 4.99 Å². The van der Waals surface area contributed by atoms with Gasteiger partial charge < -0.3 is 14.5 Å². The number of nitrogens with one attached hydrogen (secondary N) is 1. The van der Waals surface area contributed by atoms with Crippen LogP contribution in [0, 0.1) is 6.92 Å². The molecule has 21 heavy (non-hydrogen) atoms. The molecule has 0 fully saturated rings. The summed E-state index contributed by atoms with van der Waals surface area (Å²) >= 11 is 0. The van der Waals surface area contributed by atoms with Gasteiger partial charge in [-0.15, -0.1) is 0 Å². The number of aliphatic imine (C=N–C) groups is 1. The predicted octanol–water partition coefficient (Wildman–Crippen LogP) is 2.27. The quantitative estimate of drug-likeness (QED) is 0.920. The van der Waals surface area contributed by atoms with Gasteiger partial charge in [0.25, 0.3) is 5.56 Å². The van der Waals surface area contributed by atoms with E-state index in [1.54, 1.807) is 25.4 Å². The Bertz CT molecular complexity index is 777. The first-order chi connectivity index (χ1) is 10.1. The van der Waals surface area contributed by atoms with Crippen molar-refractivity contribution in [3.8, 4) is 11.5 Å². The summed E-state index contributed by atoms with van der Waals surface area (Å²) in [4.78, 5) is 19.3. The Morgan fingerprint density at radius 1 is 1.33 bits per heavy atom. The maximum atomic E-state index is 12.1. The molecule has 0 radical (unpaired) electrons. The molecule has 1 aliphatic heterocycles. The van der Waals surface area contributed by atoms with E-state index in [1.807, 2.05) is 26.0 Å². The van der Waals surface area contributed by atoms with Crippen LogP contribution in [0.5, 0.6) is 11.5 Å². The van der Waals surface area contributed by atoms with Crippen molar-refractivity contribution in [1.82, 2.24) is 4.98 Å². The summed E-state index contributed by atoms with van der Waals surface area (Å²) in [7, 11) is 1.62. The van der Waals surface area contributed by atoms with E-state index >= 15 is 0 Å². The fourth-order valence-electron chi connectivity index (χ4n) is 2.55. The zero-order valence-corrected chi connectivity index (χ0v) is 12.1. The van der Waals surface area contributed by atoms with Crippen LogP contribution in [0.15, 0.2) is 40.2 Å². The van der Waals surface area contributed by atoms with E-state index in [1.165, 1.54) is 0 Å². The highest BCUT2D eigenvalue weighted by atomic mass is 16.5. The molecule has 1 aromatic heterocycles. The normalized spacial score (nSPS) is 16.7. The van der Waals surface area contributed by atoms with Gasteiger partial charge in [0.15, 0.2) is 6.23 Å². The molecule has 0 spiro atoms. The molecule has 108 valence electrons. The zero-order chi connectivity index (χ0) is 15.0. The van der Waals surface area contributed by atoms with Crippen molar-refractivity contribution in [3.63, 3.8) is 0 Å². The van der Waals surface area contributed by atoms with Crippen LogP contribution in [-0.4, -0.2) is 24.0 Å². The van der Waals surface area contributed by atoms with Crippen LogP contribution in [0.25, 0.3) is 0 Å². The van der Waals surface area contributed by atoms with E-state index in [0.717, 1.165) is 16.9 Å². The minimum atomic E-state index is -0.333. The van der Waals surface area contributed by atoms with Gasteiger partial charge in [0.2, 0.25) is 0 Å². The number of rotatable bonds is 2. The van der Waals surface area contributed by atoms with Crippen LogP contribution < -0.4 is 15.0 Å². The van der Waals surface area contributed by atoms with Gasteiger partial charge >= 0.3 is 0 Å². The number of ether oxygens (including phenoxy) is 2. The van der Waals surface area contributed by atoms with E-state index < -0.39 is 0 Å². The number of pyridine rings is 1. The number of nitrogens with zero attached hydrogens (tertiary/aromatic N) is 1. The molecule has 1 N–H and O–H groups in total. The SMILES string of the molecule is COc1ccc2c(c1C)C(c1ccc[nH]c1=O)=NC(C)O2. The van der Waals surface area contributed by atoms with E-state index in [-0.39, 0.29) is 11.8 Å². The Hall–Kier alpha value is -2.56. The molecule has 0 saturated heterocycles. The smallest absolute Gasteiger partial charge is 0.257 e. The Balaban J connectivity index is 2.28. The van der Waals surface area contributed by atoms with Gasteiger partial charge in [-0.25, -0.2) is 4.99 Å². The molecule has 2 aromatic rings. The van der Waals surface area contributed by atoms with Crippen LogP contribution in [-0.2, 0) is 0 Å². The lowest BCUT2D eigenvalue weighted by Gasteiger charge is -2.24. The summed E-state index contributed by atoms with van der Waals surface area (Å²) in [6, 6.07) is 7.26. The second kappa shape index (κ2) is 5.09. The minimum Gasteiger partial charge on any atom is -0.496 e. The van der Waals surface area contributed by atoms with E-state index in [2.05, 4.69) is 9.98 Å². The lowest BCUT2D eigenvalue weighted by Crippen LogP contribution is -2.26. The summed E-state index contributed by atoms with van der Waals surface area (Å²) < 4.78 is 11.1. The summed E-state index contributed by atoms with van der Waals surface area (Å²) in [6.45, 7) is 3.78. The highest BCUT2D eigenvalue weighted by Gasteiger charge is 2.25. The number of H-pyrrole nitrogens is 1. The van der Waals surface area contributed by atoms with Gasteiger partial charge in [0, 0.05) is 17.3 Å². The molecule has 5 nitrogen and oxygen atoms in total. The second-order valence-electron chi connectivity index (χ2n) is 4.87. The molecule has 3 rings (SSSR count). The molecule has 0 aliphatic carbocycles. The number of hydrogen-bond donors (Lipinski definition) is 1. The first kappa shape index (κ1) is 13.4. The third kappa shape index (κ3) is 2.20. The monoisotopic (exact) mass is 284 g/mol. The first-order valence-electron chi connectivity index (χ1n) is 6.72. The Labute approximate surface area is 122 Å². The van der Waals surface area contributed by atoms with Gasteiger partial charge in [-0.1, -0.05) is 0 Å². The molecule has 1 atom stereocenters. The third-order valence-electron chi connectivity index (χ3n) is 3.52. The standard InChI is InChI=1S/C16H16N2O3/c1-9-12(20-3)6-7-13-14(9)15(18-10(2)21-13)11-5-4-8-17-16(11)19/h4-8,10H,1-3H3,(H,17,19). The summed E-state index contributed by atoms with van der Waals surface area (Å²) in [5, 5.41) is 0. The molecule has 0 saturated carbocycles. The number of aromatic amines is 1. The minimum absolute atomic E-state index is 0.168. The van der Waals surface area contributed by atoms with Crippen molar-refractivity contribution in [1.29, 1.82) is 0 Å². The number of methoxy groups -OCH3 is 1. The van der Waals surface area contributed by atoms with Crippen LogP contribution in [0.2, 0.25) is 0 Å². The number of aromatic nitrogens is 1. The van der Waals surface area contributed by atoms with Crippen LogP contribution in [0.3, 0.4) is 0 Å². The lowest BCUT2D eigenvalue weighted by atomic mass is 9.96. The van der Waals surface area contributed by atoms with E-state index in [0.29, 0.717) is 17.0 Å². The molecular formula is C16H16N2O3.